The predicted molar refractivity (Wildman–Crippen MR) is 123 cm³/mol. The van der Waals surface area contributed by atoms with E-state index in [1.807, 2.05) is 25.1 Å². The van der Waals surface area contributed by atoms with Gasteiger partial charge in [0.15, 0.2) is 0 Å². The normalized spacial score (nSPS) is 19.6. The first-order valence-corrected chi connectivity index (χ1v) is 10.9. The number of carbonyl (C=O) groups is 3. The lowest BCUT2D eigenvalue weighted by molar-refractivity contribution is -0.122. The Morgan fingerprint density at radius 1 is 1.09 bits per heavy atom. The van der Waals surface area contributed by atoms with Crippen molar-refractivity contribution in [2.45, 2.75) is 32.2 Å². The molecule has 3 N–H and O–H groups in total. The van der Waals surface area contributed by atoms with Crippen molar-refractivity contribution >= 4 is 34.8 Å². The van der Waals surface area contributed by atoms with Crippen LogP contribution in [0, 0.1) is 5.92 Å². The molecule has 1 saturated heterocycles. The smallest absolute Gasteiger partial charge is 0.241 e. The fourth-order valence-corrected chi connectivity index (χ4v) is 4.40. The van der Waals surface area contributed by atoms with Crippen LogP contribution in [-0.4, -0.2) is 53.4 Å². The number of hydrogen-bond donors (Lipinski definition) is 3. The molecule has 32 heavy (non-hydrogen) atoms. The average Bonchev–Trinajstić information content (AvgIpc) is 2.89. The van der Waals surface area contributed by atoms with Crippen LogP contribution in [0.5, 0.6) is 5.75 Å². The number of para-hydroxylation sites is 4. The Hall–Kier alpha value is -3.39. The highest BCUT2D eigenvalue weighted by atomic mass is 16.3. The zero-order chi connectivity index (χ0) is 22.7. The minimum Gasteiger partial charge on any atom is -0.506 e. The molecule has 1 fully saturated rings. The number of nitrogens with one attached hydrogen (secondary N) is 2. The second-order valence-electron chi connectivity index (χ2n) is 8.44. The van der Waals surface area contributed by atoms with Crippen LogP contribution in [-0.2, 0) is 14.4 Å². The first kappa shape index (κ1) is 21.8. The highest BCUT2D eigenvalue weighted by molar-refractivity contribution is 6.05. The van der Waals surface area contributed by atoms with Crippen LogP contribution in [0.25, 0.3) is 0 Å². The number of amides is 3. The fourth-order valence-electron chi connectivity index (χ4n) is 4.40. The van der Waals surface area contributed by atoms with E-state index in [9.17, 15) is 19.5 Å². The summed E-state index contributed by atoms with van der Waals surface area (Å²) in [5, 5.41) is 15.5. The SMILES string of the molecule is CC1CC(=O)Nc2ccccc2N1C(=O)CN1CCC(C(=O)Nc2ccccc2O)CC1. The van der Waals surface area contributed by atoms with Gasteiger partial charge in [-0.3, -0.25) is 19.3 Å². The number of piperidine rings is 1. The second kappa shape index (κ2) is 9.40. The van der Waals surface area contributed by atoms with Gasteiger partial charge in [0.25, 0.3) is 0 Å². The monoisotopic (exact) mass is 436 g/mol. The van der Waals surface area contributed by atoms with Gasteiger partial charge in [-0.15, -0.1) is 0 Å². The molecule has 2 heterocycles. The largest absolute Gasteiger partial charge is 0.506 e. The van der Waals surface area contributed by atoms with Crippen LogP contribution in [0.4, 0.5) is 17.1 Å². The Bertz CT molecular complexity index is 1020. The van der Waals surface area contributed by atoms with Crippen molar-refractivity contribution in [3.8, 4) is 5.75 Å². The van der Waals surface area contributed by atoms with E-state index in [1.165, 1.54) is 6.07 Å². The first-order valence-electron chi connectivity index (χ1n) is 10.9. The van der Waals surface area contributed by atoms with Gasteiger partial charge in [-0.1, -0.05) is 24.3 Å². The summed E-state index contributed by atoms with van der Waals surface area (Å²) < 4.78 is 0. The average molecular weight is 437 g/mol. The van der Waals surface area contributed by atoms with E-state index in [2.05, 4.69) is 15.5 Å². The molecular weight excluding hydrogens is 408 g/mol. The van der Waals surface area contributed by atoms with Crippen molar-refractivity contribution in [1.29, 1.82) is 0 Å². The van der Waals surface area contributed by atoms with E-state index in [0.717, 1.165) is 0 Å². The van der Waals surface area contributed by atoms with E-state index in [1.54, 1.807) is 29.2 Å². The number of anilines is 3. The maximum Gasteiger partial charge on any atom is 0.241 e. The maximum atomic E-state index is 13.2. The third kappa shape index (κ3) is 4.75. The number of likely N-dealkylation sites (tertiary alicyclic amines) is 1. The molecule has 0 radical (unpaired) electrons. The summed E-state index contributed by atoms with van der Waals surface area (Å²) in [6.07, 6.45) is 1.52. The van der Waals surface area contributed by atoms with E-state index < -0.39 is 0 Å². The summed E-state index contributed by atoms with van der Waals surface area (Å²) in [4.78, 5) is 41.7. The van der Waals surface area contributed by atoms with Crippen molar-refractivity contribution in [3.63, 3.8) is 0 Å². The molecule has 2 aromatic carbocycles. The van der Waals surface area contributed by atoms with Crippen LogP contribution in [0.1, 0.15) is 26.2 Å². The van der Waals surface area contributed by atoms with Gasteiger partial charge in [-0.2, -0.15) is 0 Å². The molecule has 0 bridgehead atoms. The number of hydrogen-bond acceptors (Lipinski definition) is 5. The van der Waals surface area contributed by atoms with E-state index in [0.29, 0.717) is 43.0 Å². The lowest BCUT2D eigenvalue weighted by atomic mass is 9.95. The first-order chi connectivity index (χ1) is 15.4. The molecule has 3 amide bonds. The number of phenolic OH excluding ortho intramolecular Hbond substituents is 1. The van der Waals surface area contributed by atoms with E-state index in [-0.39, 0.29) is 48.4 Å². The molecule has 0 aromatic heterocycles. The maximum absolute atomic E-state index is 13.2. The van der Waals surface area contributed by atoms with Crippen LogP contribution in [0.2, 0.25) is 0 Å². The lowest BCUT2D eigenvalue weighted by Crippen LogP contribution is -2.47. The number of phenols is 1. The van der Waals surface area contributed by atoms with Gasteiger partial charge in [0.05, 0.1) is 23.6 Å². The summed E-state index contributed by atoms with van der Waals surface area (Å²) in [6.45, 7) is 3.38. The third-order valence-electron chi connectivity index (χ3n) is 6.11. The number of benzene rings is 2. The van der Waals surface area contributed by atoms with Crippen molar-refractivity contribution < 1.29 is 19.5 Å². The van der Waals surface area contributed by atoms with Gasteiger partial charge in [-0.05, 0) is 57.1 Å². The molecule has 0 spiro atoms. The number of aromatic hydroxyl groups is 1. The highest BCUT2D eigenvalue weighted by Crippen LogP contribution is 2.32. The van der Waals surface area contributed by atoms with Gasteiger partial charge in [0, 0.05) is 18.4 Å². The van der Waals surface area contributed by atoms with Crippen LogP contribution < -0.4 is 15.5 Å². The van der Waals surface area contributed by atoms with Crippen molar-refractivity contribution in [2.24, 2.45) is 5.92 Å². The molecule has 1 unspecified atom stereocenters. The predicted octanol–water partition coefficient (Wildman–Crippen LogP) is 2.81. The standard InChI is InChI=1S/C24H28N4O4/c1-16-14-22(30)25-18-6-2-4-8-20(18)28(16)23(31)15-27-12-10-17(11-13-27)24(32)26-19-7-3-5-9-21(19)29/h2-9,16-17,29H,10-15H2,1H3,(H,25,30)(H,26,32). The molecule has 8 nitrogen and oxygen atoms in total. The lowest BCUT2D eigenvalue weighted by Gasteiger charge is -2.34. The Balaban J connectivity index is 1.36. The Morgan fingerprint density at radius 2 is 1.78 bits per heavy atom. The Labute approximate surface area is 187 Å². The van der Waals surface area contributed by atoms with Gasteiger partial charge in [-0.25, -0.2) is 0 Å². The molecule has 4 rings (SSSR count). The fraction of sp³-hybridized carbons (Fsp3) is 0.375. The molecule has 8 heteroatoms. The molecule has 168 valence electrons. The minimum atomic E-state index is -0.243. The zero-order valence-corrected chi connectivity index (χ0v) is 18.1. The number of fused-ring (bicyclic) bond motifs is 1. The van der Waals surface area contributed by atoms with Gasteiger partial charge >= 0.3 is 0 Å². The number of rotatable bonds is 4. The molecule has 0 saturated carbocycles. The summed E-state index contributed by atoms with van der Waals surface area (Å²) >= 11 is 0. The molecule has 0 aliphatic carbocycles. The third-order valence-corrected chi connectivity index (χ3v) is 6.11. The molecule has 2 aliphatic rings. The zero-order valence-electron chi connectivity index (χ0n) is 18.1. The van der Waals surface area contributed by atoms with Gasteiger partial charge < -0.3 is 20.6 Å². The van der Waals surface area contributed by atoms with Crippen molar-refractivity contribution in [2.75, 3.05) is 35.2 Å². The number of carbonyl (C=O) groups excluding carboxylic acids is 3. The highest BCUT2D eigenvalue weighted by Gasteiger charge is 2.32. The second-order valence-corrected chi connectivity index (χ2v) is 8.44. The summed E-state index contributed by atoms with van der Waals surface area (Å²) in [5.41, 5.74) is 1.77. The minimum absolute atomic E-state index is 0.0451. The van der Waals surface area contributed by atoms with Crippen LogP contribution in [0.3, 0.4) is 0 Å². The van der Waals surface area contributed by atoms with Crippen molar-refractivity contribution in [1.82, 2.24) is 4.90 Å². The quantitative estimate of drug-likeness (QED) is 0.640. The Morgan fingerprint density at radius 3 is 2.53 bits per heavy atom. The Kier molecular flexibility index (Phi) is 6.41. The summed E-state index contributed by atoms with van der Waals surface area (Å²) in [5.74, 6) is -0.392. The molecule has 2 aromatic rings. The topological polar surface area (TPSA) is 102 Å². The summed E-state index contributed by atoms with van der Waals surface area (Å²) in [7, 11) is 0. The van der Waals surface area contributed by atoms with Gasteiger partial charge in [0.2, 0.25) is 17.7 Å². The van der Waals surface area contributed by atoms with Gasteiger partial charge in [0.1, 0.15) is 5.75 Å². The van der Waals surface area contributed by atoms with E-state index in [4.69, 9.17) is 0 Å². The van der Waals surface area contributed by atoms with E-state index >= 15 is 0 Å². The molecular formula is C24H28N4O4. The van der Waals surface area contributed by atoms with Crippen molar-refractivity contribution in [3.05, 3.63) is 48.5 Å². The number of nitrogens with zero attached hydrogens (tertiary/aromatic N) is 2. The molecule has 1 atom stereocenters. The van der Waals surface area contributed by atoms with Crippen LogP contribution in [0.15, 0.2) is 48.5 Å². The molecule has 2 aliphatic heterocycles. The van der Waals surface area contributed by atoms with Crippen LogP contribution >= 0.6 is 0 Å². The summed E-state index contributed by atoms with van der Waals surface area (Å²) in [6, 6.07) is 13.8.